The highest BCUT2D eigenvalue weighted by Crippen LogP contribution is 2.27. The van der Waals surface area contributed by atoms with Gasteiger partial charge in [0.15, 0.2) is 0 Å². The van der Waals surface area contributed by atoms with Gasteiger partial charge in [-0.05, 0) is 60.1 Å². The lowest BCUT2D eigenvalue weighted by Gasteiger charge is -2.34. The Kier molecular flexibility index (Phi) is 10.7. The monoisotopic (exact) mass is 603 g/mol. The van der Waals surface area contributed by atoms with Gasteiger partial charge in [0.1, 0.15) is 6.04 Å². The van der Waals surface area contributed by atoms with Gasteiger partial charge in [-0.1, -0.05) is 52.0 Å². The van der Waals surface area contributed by atoms with Gasteiger partial charge in [-0.2, -0.15) is 13.2 Å². The van der Waals surface area contributed by atoms with Gasteiger partial charge in [-0.25, -0.2) is 4.79 Å². The number of amides is 3. The van der Waals surface area contributed by atoms with E-state index in [0.29, 0.717) is 12.8 Å². The molecule has 0 saturated carbocycles. The highest BCUT2D eigenvalue weighted by Gasteiger charge is 2.45. The molecule has 0 heterocycles. The number of Topliss-reactive ketones (excluding diaryl/α,β-unsaturated/α-hetero) is 1. The van der Waals surface area contributed by atoms with Crippen LogP contribution in [0.25, 0.3) is 0 Å². The van der Waals surface area contributed by atoms with Gasteiger partial charge in [0.2, 0.25) is 11.8 Å². The average Bonchev–Trinajstić information content (AvgIpc) is 3.39. The topological polar surface area (TPSA) is 122 Å². The Bertz CT molecular complexity index is 1330. The Labute approximate surface area is 248 Å². The predicted molar refractivity (Wildman–Crippen MR) is 151 cm³/mol. The van der Waals surface area contributed by atoms with E-state index in [1.807, 2.05) is 24.3 Å². The molecule has 2 aromatic rings. The van der Waals surface area contributed by atoms with E-state index in [0.717, 1.165) is 11.1 Å². The molecule has 232 valence electrons. The van der Waals surface area contributed by atoms with Crippen LogP contribution in [0, 0.1) is 11.8 Å². The summed E-state index contributed by atoms with van der Waals surface area (Å²) in [5.74, 6) is -6.06. The molecule has 0 radical (unpaired) electrons. The molecule has 12 heteroatoms. The Morgan fingerprint density at radius 2 is 1.35 bits per heavy atom. The fraction of sp³-hybridized carbons (Fsp3) is 0.452. The first-order valence-electron chi connectivity index (χ1n) is 13.9. The van der Waals surface area contributed by atoms with E-state index in [9.17, 15) is 37.1 Å². The minimum atomic E-state index is -5.15. The van der Waals surface area contributed by atoms with Crippen molar-refractivity contribution in [3.63, 3.8) is 0 Å². The van der Waals surface area contributed by atoms with Gasteiger partial charge in [0.05, 0.1) is 25.3 Å². The van der Waals surface area contributed by atoms with E-state index in [1.54, 1.807) is 13.8 Å². The van der Waals surface area contributed by atoms with E-state index >= 15 is 0 Å². The first kappa shape index (κ1) is 33.3. The molecule has 0 saturated heterocycles. The van der Waals surface area contributed by atoms with Crippen LogP contribution in [-0.2, 0) is 32.0 Å². The zero-order valence-corrected chi connectivity index (χ0v) is 24.7. The minimum absolute atomic E-state index is 0.175. The summed E-state index contributed by atoms with van der Waals surface area (Å²) in [6, 6.07) is 9.70. The van der Waals surface area contributed by atoms with Gasteiger partial charge in [0, 0.05) is 11.6 Å². The molecule has 43 heavy (non-hydrogen) atoms. The molecule has 0 spiro atoms. The van der Waals surface area contributed by atoms with Crippen LogP contribution >= 0.6 is 0 Å². The first-order chi connectivity index (χ1) is 20.1. The lowest BCUT2D eigenvalue weighted by Crippen LogP contribution is -2.58. The maximum absolute atomic E-state index is 14.0. The summed E-state index contributed by atoms with van der Waals surface area (Å²) >= 11 is 0. The SMILES string of the molecule is COC(=O)c1ccc(C(=O)N[C@H](C(=O)N(CC(=O)NC(C(=O)C(F)(F)F)C(C)C)C2Cc3ccccc3C2)C(C)C)cc1. The standard InChI is InChI=1S/C31H36F3N3O6/c1-17(2)25(27(39)31(32,33)34)35-24(38)16-37(23-14-21-8-6-7-9-22(21)15-23)29(41)26(18(3)4)36-28(40)19-10-12-20(13-11-19)30(42)43-5/h6-13,17-18,23,25-26H,14-16H2,1-5H3,(H,35,38)(H,36,40)/t25?,26-/m0/s1. The third-order valence-corrected chi connectivity index (χ3v) is 7.40. The first-order valence-corrected chi connectivity index (χ1v) is 13.9. The number of ketones is 1. The van der Waals surface area contributed by atoms with Gasteiger partial charge in [0.25, 0.3) is 11.7 Å². The molecular formula is C31H36F3N3O6. The van der Waals surface area contributed by atoms with Crippen molar-refractivity contribution < 1.29 is 41.9 Å². The van der Waals surface area contributed by atoms with Gasteiger partial charge < -0.3 is 20.3 Å². The number of nitrogens with one attached hydrogen (secondary N) is 2. The van der Waals surface area contributed by atoms with Crippen LogP contribution in [0.1, 0.15) is 59.5 Å². The molecule has 0 aliphatic heterocycles. The zero-order chi connectivity index (χ0) is 32.1. The number of carbonyl (C=O) groups excluding carboxylic acids is 5. The molecule has 0 fully saturated rings. The Balaban J connectivity index is 1.87. The van der Waals surface area contributed by atoms with Gasteiger partial charge >= 0.3 is 12.1 Å². The van der Waals surface area contributed by atoms with Crippen LogP contribution in [0.4, 0.5) is 13.2 Å². The molecule has 1 aliphatic rings. The molecule has 0 bridgehead atoms. The summed E-state index contributed by atoms with van der Waals surface area (Å²) in [5.41, 5.74) is 2.34. The van der Waals surface area contributed by atoms with E-state index in [2.05, 4.69) is 15.4 Å². The average molecular weight is 604 g/mol. The second-order valence-electron chi connectivity index (χ2n) is 11.2. The highest BCUT2D eigenvalue weighted by atomic mass is 19.4. The predicted octanol–water partition coefficient (Wildman–Crippen LogP) is 3.50. The molecule has 1 unspecified atom stereocenters. The van der Waals surface area contributed by atoms with Gasteiger partial charge in [-0.15, -0.1) is 0 Å². The Morgan fingerprint density at radius 1 is 0.837 bits per heavy atom. The van der Waals surface area contributed by atoms with Crippen molar-refractivity contribution in [1.82, 2.24) is 15.5 Å². The second-order valence-corrected chi connectivity index (χ2v) is 11.2. The molecule has 0 aromatic heterocycles. The summed E-state index contributed by atoms with van der Waals surface area (Å²) < 4.78 is 44.3. The number of esters is 1. The smallest absolute Gasteiger partial charge is 0.452 e. The number of hydrogen-bond acceptors (Lipinski definition) is 6. The third kappa shape index (κ3) is 8.20. The number of methoxy groups -OCH3 is 1. The lowest BCUT2D eigenvalue weighted by molar-refractivity contribution is -0.175. The van der Waals surface area contributed by atoms with Crippen LogP contribution in [0.5, 0.6) is 0 Å². The van der Waals surface area contributed by atoms with Crippen LogP contribution in [0.3, 0.4) is 0 Å². The summed E-state index contributed by atoms with van der Waals surface area (Å²) in [7, 11) is 1.23. The zero-order valence-electron chi connectivity index (χ0n) is 24.7. The van der Waals surface area contributed by atoms with Crippen molar-refractivity contribution in [2.24, 2.45) is 11.8 Å². The van der Waals surface area contributed by atoms with Crippen LogP contribution < -0.4 is 10.6 Å². The number of rotatable bonds is 11. The van der Waals surface area contributed by atoms with Crippen molar-refractivity contribution >= 4 is 29.5 Å². The number of fused-ring (bicyclic) bond motifs is 1. The normalized spacial score (nSPS) is 14.6. The number of carbonyl (C=O) groups is 5. The maximum atomic E-state index is 14.0. The van der Waals surface area contributed by atoms with Crippen molar-refractivity contribution in [2.75, 3.05) is 13.7 Å². The summed E-state index contributed by atoms with van der Waals surface area (Å²) in [4.78, 5) is 65.3. The molecule has 3 amide bonds. The number of nitrogens with zero attached hydrogens (tertiary/aromatic N) is 1. The molecular weight excluding hydrogens is 567 g/mol. The van der Waals surface area contributed by atoms with E-state index in [-0.39, 0.29) is 11.1 Å². The molecule has 3 rings (SSSR count). The van der Waals surface area contributed by atoms with Crippen LogP contribution in [-0.4, -0.2) is 72.3 Å². The summed E-state index contributed by atoms with van der Waals surface area (Å²) in [5, 5.41) is 4.89. The Hall–Kier alpha value is -4.22. The lowest BCUT2D eigenvalue weighted by atomic mass is 9.99. The number of hydrogen-bond donors (Lipinski definition) is 2. The molecule has 9 nitrogen and oxygen atoms in total. The molecule has 2 aromatic carbocycles. The van der Waals surface area contributed by atoms with E-state index in [1.165, 1.54) is 50.1 Å². The second kappa shape index (κ2) is 13.8. The number of alkyl halides is 3. The van der Waals surface area contributed by atoms with Crippen molar-refractivity contribution in [3.05, 3.63) is 70.8 Å². The third-order valence-electron chi connectivity index (χ3n) is 7.40. The summed E-state index contributed by atoms with van der Waals surface area (Å²) in [6.07, 6.45) is -4.34. The molecule has 1 aliphatic carbocycles. The fourth-order valence-corrected chi connectivity index (χ4v) is 5.02. The molecule has 2 N–H and O–H groups in total. The van der Waals surface area contributed by atoms with E-state index < -0.39 is 72.2 Å². The van der Waals surface area contributed by atoms with Crippen molar-refractivity contribution in [3.8, 4) is 0 Å². The van der Waals surface area contributed by atoms with Crippen LogP contribution in [0.15, 0.2) is 48.5 Å². The number of halogens is 3. The molecule has 2 atom stereocenters. The highest BCUT2D eigenvalue weighted by molar-refractivity contribution is 5.99. The van der Waals surface area contributed by atoms with Gasteiger partial charge in [-0.3, -0.25) is 19.2 Å². The Morgan fingerprint density at radius 3 is 1.81 bits per heavy atom. The quantitative estimate of drug-likeness (QED) is 0.380. The van der Waals surface area contributed by atoms with Crippen molar-refractivity contribution in [1.29, 1.82) is 0 Å². The number of ether oxygens (including phenoxy) is 1. The van der Waals surface area contributed by atoms with Crippen molar-refractivity contribution in [2.45, 2.75) is 64.8 Å². The summed E-state index contributed by atoms with van der Waals surface area (Å²) in [6.45, 7) is 5.57. The fourth-order valence-electron chi connectivity index (χ4n) is 5.02. The van der Waals surface area contributed by atoms with Crippen LogP contribution in [0.2, 0.25) is 0 Å². The minimum Gasteiger partial charge on any atom is -0.465 e. The van der Waals surface area contributed by atoms with E-state index in [4.69, 9.17) is 0 Å². The number of benzene rings is 2. The largest absolute Gasteiger partial charge is 0.465 e. The maximum Gasteiger partial charge on any atom is 0.452 e.